The van der Waals surface area contributed by atoms with Crippen LogP contribution < -0.4 is 10.6 Å². The molecule has 3 saturated heterocycles. The van der Waals surface area contributed by atoms with Crippen molar-refractivity contribution in [1.82, 2.24) is 20.4 Å². The maximum absolute atomic E-state index is 13.2. The van der Waals surface area contributed by atoms with Gasteiger partial charge < -0.3 is 34.4 Å². The van der Waals surface area contributed by atoms with Crippen LogP contribution in [0.1, 0.15) is 33.1 Å². The van der Waals surface area contributed by atoms with Crippen molar-refractivity contribution in [2.75, 3.05) is 32.9 Å². The number of esters is 1. The minimum Gasteiger partial charge on any atom is -0.457 e. The third-order valence-electron chi connectivity index (χ3n) is 8.56. The lowest BCUT2D eigenvalue weighted by Crippen LogP contribution is -2.63. The van der Waals surface area contributed by atoms with E-state index in [-0.39, 0.29) is 60.6 Å². The smallest absolute Gasteiger partial charge is 0.414 e. The van der Waals surface area contributed by atoms with E-state index in [0.29, 0.717) is 37.3 Å². The molecule has 246 valence electrons. The van der Waals surface area contributed by atoms with Gasteiger partial charge in [-0.1, -0.05) is 44.9 Å². The number of aliphatic hydroxyl groups is 1. The number of hydrogen-bond donors (Lipinski definition) is 3. The van der Waals surface area contributed by atoms with Crippen LogP contribution in [0.2, 0.25) is 0 Å². The van der Waals surface area contributed by atoms with E-state index in [2.05, 4.69) is 30.4 Å². The number of fused-ring (bicyclic) bond motifs is 1. The average molecular weight is 647 g/mol. The van der Waals surface area contributed by atoms with Crippen LogP contribution in [0.15, 0.2) is 48.6 Å². The fraction of sp³-hybridized carbons (Fsp3) is 0.581. The lowest BCUT2D eigenvalue weighted by molar-refractivity contribution is -0.164. The molecule has 0 bridgehead atoms. The summed E-state index contributed by atoms with van der Waals surface area (Å²) in [4.78, 5) is 67.5. The number of aliphatic hydroxyl groups excluding tert-OH is 1. The molecule has 4 rings (SSSR count). The van der Waals surface area contributed by atoms with Crippen molar-refractivity contribution in [1.29, 1.82) is 0 Å². The number of rotatable bonds is 13. The Bertz CT molecular complexity index is 1250. The third kappa shape index (κ3) is 7.45. The van der Waals surface area contributed by atoms with Crippen molar-refractivity contribution in [3.8, 4) is 0 Å². The molecular weight excluding hydrogens is 604 g/mol. The molecule has 4 aliphatic heterocycles. The predicted octanol–water partition coefficient (Wildman–Crippen LogP) is 2.09. The molecule has 0 aliphatic carbocycles. The van der Waals surface area contributed by atoms with Gasteiger partial charge in [-0.2, -0.15) is 0 Å². The van der Waals surface area contributed by atoms with Gasteiger partial charge in [-0.05, 0) is 38.6 Å². The molecular formula is C31H42N4O9S. The van der Waals surface area contributed by atoms with Crippen molar-refractivity contribution in [3.05, 3.63) is 48.6 Å². The zero-order chi connectivity index (χ0) is 32.8. The number of alkyl carbamates (subject to hydrolysis) is 1. The van der Waals surface area contributed by atoms with Gasteiger partial charge in [0, 0.05) is 28.7 Å². The van der Waals surface area contributed by atoms with E-state index < -0.39 is 42.1 Å². The lowest BCUT2D eigenvalue weighted by atomic mass is 9.79. The molecule has 0 saturated carbocycles. The van der Waals surface area contributed by atoms with E-state index >= 15 is 0 Å². The van der Waals surface area contributed by atoms with Crippen LogP contribution in [-0.4, -0.2) is 107 Å². The Labute approximate surface area is 267 Å². The first-order valence-electron chi connectivity index (χ1n) is 15.1. The highest BCUT2D eigenvalue weighted by Gasteiger charge is 2.60. The molecule has 4 amide bonds. The Morgan fingerprint density at radius 3 is 2.42 bits per heavy atom. The Balaban J connectivity index is 1.48. The number of β-lactam (4-membered cyclic amide) rings is 1. The number of ether oxygens (including phenoxy) is 3. The van der Waals surface area contributed by atoms with Crippen molar-refractivity contribution in [2.24, 2.45) is 17.8 Å². The highest BCUT2D eigenvalue weighted by atomic mass is 32.2. The third-order valence-corrected chi connectivity index (χ3v) is 10.1. The minimum atomic E-state index is -0.870. The molecule has 3 N–H and O–H groups in total. The number of nitrogens with one attached hydrogen (secondary N) is 2. The highest BCUT2D eigenvalue weighted by Crippen LogP contribution is 2.52. The maximum Gasteiger partial charge on any atom is 0.414 e. The number of likely N-dealkylation sites (tertiary alicyclic amines) is 1. The number of nitrogens with zero attached hydrogens (tertiary/aromatic N) is 2. The van der Waals surface area contributed by atoms with Crippen LogP contribution >= 0.6 is 11.8 Å². The molecule has 0 aromatic heterocycles. The quantitative estimate of drug-likeness (QED) is 0.116. The number of carbonyl (C=O) groups is 5. The number of imide groups is 1. The van der Waals surface area contributed by atoms with E-state index in [9.17, 15) is 29.1 Å². The second-order valence-electron chi connectivity index (χ2n) is 11.7. The SMILES string of the molecule is C=CCOC(=O)NC(=O)[C@@H]1CC(C[C@@H]2C[C@H](SC3=C(C(=O)OCC=C)N4C(=O)[C@H]([C@@H](C)O)[C@H]4[C@H]3C)CN2C(=O)OCC=C)CN1. The molecule has 4 aliphatic rings. The standard InChI is InChI=1S/C31H42N4O9S/c1-6-9-42-29(39)25-26(17(4)24-23(18(5)36)28(38)35(24)25)45-21-14-20(34(16-21)31(41)44-11-8-3)12-19-13-22(32-15-19)27(37)33-30(40)43-10-7-2/h6-8,17-24,32,36H,1-3,9-16H2,4-5H3,(H,33,37,40)/t17-,18-,19?,20-,21+,22+,23-,24-/m1/s1. The van der Waals surface area contributed by atoms with Crippen LogP contribution in [0.3, 0.4) is 0 Å². The topological polar surface area (TPSA) is 164 Å². The molecule has 4 heterocycles. The molecule has 0 spiro atoms. The number of amides is 4. The Hall–Kier alpha value is -3.62. The van der Waals surface area contributed by atoms with Crippen molar-refractivity contribution in [3.63, 3.8) is 0 Å². The zero-order valence-corrected chi connectivity index (χ0v) is 26.5. The van der Waals surface area contributed by atoms with Gasteiger partial charge in [0.1, 0.15) is 25.5 Å². The van der Waals surface area contributed by atoms with Crippen LogP contribution in [0, 0.1) is 17.8 Å². The summed E-state index contributed by atoms with van der Waals surface area (Å²) in [6, 6.07) is -1.17. The summed E-state index contributed by atoms with van der Waals surface area (Å²) in [5, 5.41) is 15.5. The van der Waals surface area contributed by atoms with Gasteiger partial charge in [0.05, 0.1) is 24.1 Å². The largest absolute Gasteiger partial charge is 0.457 e. The summed E-state index contributed by atoms with van der Waals surface area (Å²) in [7, 11) is 0. The first-order valence-corrected chi connectivity index (χ1v) is 16.0. The van der Waals surface area contributed by atoms with Crippen molar-refractivity contribution >= 4 is 41.7 Å². The molecule has 0 aromatic carbocycles. The van der Waals surface area contributed by atoms with Crippen LogP contribution in [0.4, 0.5) is 9.59 Å². The lowest BCUT2D eigenvalue weighted by Gasteiger charge is -2.46. The van der Waals surface area contributed by atoms with Gasteiger partial charge in [-0.3, -0.25) is 14.9 Å². The van der Waals surface area contributed by atoms with Gasteiger partial charge in [0.25, 0.3) is 0 Å². The molecule has 14 heteroatoms. The molecule has 13 nitrogen and oxygen atoms in total. The fourth-order valence-electron chi connectivity index (χ4n) is 6.60. The summed E-state index contributed by atoms with van der Waals surface area (Å²) in [6.07, 6.45) is 3.78. The second-order valence-corrected chi connectivity index (χ2v) is 13.0. The first-order chi connectivity index (χ1) is 21.5. The molecule has 8 atom stereocenters. The average Bonchev–Trinajstić information content (AvgIpc) is 3.69. The monoisotopic (exact) mass is 646 g/mol. The van der Waals surface area contributed by atoms with E-state index in [1.807, 2.05) is 6.92 Å². The fourth-order valence-corrected chi connectivity index (χ4v) is 8.16. The predicted molar refractivity (Wildman–Crippen MR) is 165 cm³/mol. The van der Waals surface area contributed by atoms with Gasteiger partial charge in [-0.25, -0.2) is 14.4 Å². The molecule has 3 fully saturated rings. The van der Waals surface area contributed by atoms with Crippen LogP contribution in [0.25, 0.3) is 0 Å². The summed E-state index contributed by atoms with van der Waals surface area (Å²) < 4.78 is 15.6. The van der Waals surface area contributed by atoms with E-state index in [1.165, 1.54) is 34.9 Å². The van der Waals surface area contributed by atoms with Crippen LogP contribution in [-0.2, 0) is 28.6 Å². The van der Waals surface area contributed by atoms with E-state index in [4.69, 9.17) is 14.2 Å². The number of hydrogen-bond acceptors (Lipinski definition) is 11. The molecule has 0 radical (unpaired) electrons. The Kier molecular flexibility index (Phi) is 11.5. The molecule has 0 aromatic rings. The van der Waals surface area contributed by atoms with Crippen LogP contribution in [0.5, 0.6) is 0 Å². The van der Waals surface area contributed by atoms with E-state index in [1.54, 1.807) is 11.8 Å². The maximum atomic E-state index is 13.2. The molecule has 1 unspecified atom stereocenters. The first kappa shape index (κ1) is 34.3. The molecule has 45 heavy (non-hydrogen) atoms. The minimum absolute atomic E-state index is 0.0121. The van der Waals surface area contributed by atoms with Gasteiger partial charge >= 0.3 is 18.2 Å². The summed E-state index contributed by atoms with van der Waals surface area (Å²) in [6.45, 7) is 15.1. The van der Waals surface area contributed by atoms with Gasteiger partial charge in [0.2, 0.25) is 11.8 Å². The summed E-state index contributed by atoms with van der Waals surface area (Å²) in [5.74, 6) is -2.24. The van der Waals surface area contributed by atoms with Gasteiger partial charge in [0.15, 0.2) is 0 Å². The van der Waals surface area contributed by atoms with E-state index in [0.717, 1.165) is 0 Å². The summed E-state index contributed by atoms with van der Waals surface area (Å²) >= 11 is 1.45. The van der Waals surface area contributed by atoms with Crippen molar-refractivity contribution in [2.45, 2.75) is 62.6 Å². The van der Waals surface area contributed by atoms with Gasteiger partial charge in [-0.15, -0.1) is 11.8 Å². The Morgan fingerprint density at radius 1 is 1.09 bits per heavy atom. The normalized spacial score (nSPS) is 29.4. The Morgan fingerprint density at radius 2 is 1.76 bits per heavy atom. The number of thioether (sulfide) groups is 1. The van der Waals surface area contributed by atoms with Crippen molar-refractivity contribution < 1.29 is 43.3 Å². The highest BCUT2D eigenvalue weighted by molar-refractivity contribution is 8.03. The zero-order valence-electron chi connectivity index (χ0n) is 25.6. The second kappa shape index (κ2) is 15.1. The summed E-state index contributed by atoms with van der Waals surface area (Å²) in [5.41, 5.74) is 0.186. The number of carbonyl (C=O) groups excluding carboxylic acids is 5.